The van der Waals surface area contributed by atoms with E-state index in [0.717, 1.165) is 6.42 Å². The molecule has 8 nitrogen and oxygen atoms in total. The van der Waals surface area contributed by atoms with E-state index in [1.807, 2.05) is 12.3 Å². The number of aromatic nitrogens is 2. The number of rotatable bonds is 4. The van der Waals surface area contributed by atoms with Crippen molar-refractivity contribution >= 4 is 15.9 Å². The van der Waals surface area contributed by atoms with E-state index in [0.29, 0.717) is 31.8 Å². The zero-order chi connectivity index (χ0) is 17.9. The van der Waals surface area contributed by atoms with Gasteiger partial charge in [-0.05, 0) is 36.8 Å². The summed E-state index contributed by atoms with van der Waals surface area (Å²) in [6.07, 6.45) is 4.16. The van der Waals surface area contributed by atoms with E-state index in [4.69, 9.17) is 9.88 Å². The zero-order valence-corrected chi connectivity index (χ0v) is 14.4. The minimum absolute atomic E-state index is 0.0141. The Morgan fingerprint density at radius 3 is 2.72 bits per heavy atom. The van der Waals surface area contributed by atoms with E-state index in [2.05, 4.69) is 5.10 Å². The van der Waals surface area contributed by atoms with Crippen LogP contribution in [0.3, 0.4) is 0 Å². The number of amides is 1. The van der Waals surface area contributed by atoms with E-state index in [1.165, 1.54) is 24.3 Å². The maximum absolute atomic E-state index is 12.7. The molecule has 2 N–H and O–H groups in total. The minimum Gasteiger partial charge on any atom is -0.374 e. The Balaban J connectivity index is 1.71. The molecule has 9 heteroatoms. The van der Waals surface area contributed by atoms with Crippen molar-refractivity contribution in [2.75, 3.05) is 19.7 Å². The van der Waals surface area contributed by atoms with Gasteiger partial charge in [-0.15, -0.1) is 0 Å². The summed E-state index contributed by atoms with van der Waals surface area (Å²) in [6.45, 7) is 2.20. The Morgan fingerprint density at radius 1 is 1.32 bits per heavy atom. The molecule has 1 amide bonds. The van der Waals surface area contributed by atoms with Gasteiger partial charge in [-0.3, -0.25) is 9.48 Å². The minimum atomic E-state index is -3.77. The monoisotopic (exact) mass is 364 g/mol. The standard InChI is InChI=1S/C16H20N4O4S/c17-25(22,23)15-5-3-13(4-6-15)16(21)19-8-2-10-24-14(11-19)12-20-9-1-7-18-20/h1,3-7,9,14H,2,8,10-12H2,(H2,17,22,23)/t14-/m1/s1. The molecule has 3 rings (SSSR count). The highest BCUT2D eigenvalue weighted by atomic mass is 32.2. The van der Waals surface area contributed by atoms with Crippen LogP contribution in [0, 0.1) is 0 Å². The van der Waals surface area contributed by atoms with Crippen LogP contribution in [0.2, 0.25) is 0 Å². The Kier molecular flexibility index (Phi) is 5.16. The number of nitrogens with zero attached hydrogens (tertiary/aromatic N) is 3. The topological polar surface area (TPSA) is 108 Å². The van der Waals surface area contributed by atoms with E-state index in [9.17, 15) is 13.2 Å². The summed E-state index contributed by atoms with van der Waals surface area (Å²) < 4.78 is 30.2. The van der Waals surface area contributed by atoms with Crippen molar-refractivity contribution in [2.45, 2.75) is 24.0 Å². The van der Waals surface area contributed by atoms with Crippen molar-refractivity contribution in [3.05, 3.63) is 48.3 Å². The fraction of sp³-hybridized carbons (Fsp3) is 0.375. The summed E-state index contributed by atoms with van der Waals surface area (Å²) in [5.41, 5.74) is 0.423. The molecule has 2 aromatic rings. The van der Waals surface area contributed by atoms with Gasteiger partial charge >= 0.3 is 0 Å². The van der Waals surface area contributed by atoms with Crippen molar-refractivity contribution in [2.24, 2.45) is 5.14 Å². The van der Waals surface area contributed by atoms with Crippen LogP contribution in [-0.2, 0) is 21.3 Å². The van der Waals surface area contributed by atoms with Crippen LogP contribution in [0.5, 0.6) is 0 Å². The van der Waals surface area contributed by atoms with Crippen LogP contribution in [-0.4, -0.2) is 54.8 Å². The molecule has 0 aliphatic carbocycles. The number of hydrogen-bond acceptors (Lipinski definition) is 5. The highest BCUT2D eigenvalue weighted by Crippen LogP contribution is 2.14. The molecule has 1 aromatic heterocycles. The summed E-state index contributed by atoms with van der Waals surface area (Å²) in [7, 11) is -3.77. The maximum Gasteiger partial charge on any atom is 0.253 e. The lowest BCUT2D eigenvalue weighted by Crippen LogP contribution is -2.38. The first-order chi connectivity index (χ1) is 11.9. The summed E-state index contributed by atoms with van der Waals surface area (Å²) in [5.74, 6) is -0.156. The quantitative estimate of drug-likeness (QED) is 0.848. The Bertz CT molecular complexity index is 818. The SMILES string of the molecule is NS(=O)(=O)c1ccc(C(=O)N2CCCO[C@@H](Cn3cccn3)C2)cc1. The van der Waals surface area contributed by atoms with E-state index in [-0.39, 0.29) is 16.9 Å². The number of nitrogens with two attached hydrogens (primary N) is 1. The lowest BCUT2D eigenvalue weighted by atomic mass is 10.2. The first-order valence-corrected chi connectivity index (χ1v) is 9.49. The molecule has 1 aromatic carbocycles. The molecule has 0 spiro atoms. The van der Waals surface area contributed by atoms with Crippen LogP contribution < -0.4 is 5.14 Å². The van der Waals surface area contributed by atoms with Crippen molar-refractivity contribution < 1.29 is 17.9 Å². The van der Waals surface area contributed by atoms with Crippen LogP contribution in [0.25, 0.3) is 0 Å². The van der Waals surface area contributed by atoms with Gasteiger partial charge in [0, 0.05) is 37.7 Å². The van der Waals surface area contributed by atoms with Gasteiger partial charge < -0.3 is 9.64 Å². The normalized spacial score (nSPS) is 18.8. The lowest BCUT2D eigenvalue weighted by Gasteiger charge is -2.24. The average molecular weight is 364 g/mol. The molecule has 0 radical (unpaired) electrons. The molecule has 1 aliphatic rings. The predicted octanol–water partition coefficient (Wildman–Crippen LogP) is 0.462. The number of benzene rings is 1. The third-order valence-corrected chi connectivity index (χ3v) is 4.95. The van der Waals surface area contributed by atoms with Gasteiger partial charge in [0.1, 0.15) is 0 Å². The van der Waals surface area contributed by atoms with Crippen LogP contribution in [0.1, 0.15) is 16.8 Å². The zero-order valence-electron chi connectivity index (χ0n) is 13.6. The highest BCUT2D eigenvalue weighted by Gasteiger charge is 2.24. The van der Waals surface area contributed by atoms with Crippen LogP contribution in [0.15, 0.2) is 47.6 Å². The van der Waals surface area contributed by atoms with Gasteiger partial charge in [0.15, 0.2) is 0 Å². The third kappa shape index (κ3) is 4.44. The molecule has 0 unspecified atom stereocenters. The number of ether oxygens (including phenoxy) is 1. The predicted molar refractivity (Wildman–Crippen MR) is 90.3 cm³/mol. The largest absolute Gasteiger partial charge is 0.374 e. The van der Waals surface area contributed by atoms with Crippen molar-refractivity contribution in [3.8, 4) is 0 Å². The second-order valence-corrected chi connectivity index (χ2v) is 7.46. The fourth-order valence-electron chi connectivity index (χ4n) is 2.78. The number of carbonyl (C=O) groups excluding carboxylic acids is 1. The van der Waals surface area contributed by atoms with Crippen molar-refractivity contribution in [1.29, 1.82) is 0 Å². The van der Waals surface area contributed by atoms with Gasteiger partial charge in [0.05, 0.1) is 17.5 Å². The second kappa shape index (κ2) is 7.34. The molecule has 1 fully saturated rings. The Morgan fingerprint density at radius 2 is 2.08 bits per heavy atom. The van der Waals surface area contributed by atoms with Gasteiger partial charge in [0.2, 0.25) is 10.0 Å². The van der Waals surface area contributed by atoms with Gasteiger partial charge in [-0.25, -0.2) is 13.6 Å². The molecule has 0 bridgehead atoms. The molecule has 0 saturated carbocycles. The summed E-state index contributed by atoms with van der Waals surface area (Å²) in [5, 5.41) is 9.25. The van der Waals surface area contributed by atoms with Crippen LogP contribution >= 0.6 is 0 Å². The molecular formula is C16H20N4O4S. The molecule has 1 aliphatic heterocycles. The summed E-state index contributed by atoms with van der Waals surface area (Å²) in [6, 6.07) is 7.50. The van der Waals surface area contributed by atoms with Gasteiger partial charge in [0.25, 0.3) is 5.91 Å². The van der Waals surface area contributed by atoms with E-state index >= 15 is 0 Å². The molecule has 134 valence electrons. The van der Waals surface area contributed by atoms with Gasteiger partial charge in [-0.2, -0.15) is 5.10 Å². The molecule has 1 saturated heterocycles. The molecule has 25 heavy (non-hydrogen) atoms. The van der Waals surface area contributed by atoms with Crippen molar-refractivity contribution in [3.63, 3.8) is 0 Å². The van der Waals surface area contributed by atoms with Crippen molar-refractivity contribution in [1.82, 2.24) is 14.7 Å². The number of hydrogen-bond donors (Lipinski definition) is 1. The van der Waals surface area contributed by atoms with Gasteiger partial charge in [-0.1, -0.05) is 0 Å². The first kappa shape index (κ1) is 17.6. The summed E-state index contributed by atoms with van der Waals surface area (Å²) in [4.78, 5) is 14.4. The average Bonchev–Trinajstić information content (AvgIpc) is 2.98. The third-order valence-electron chi connectivity index (χ3n) is 4.02. The van der Waals surface area contributed by atoms with E-state index < -0.39 is 10.0 Å². The fourth-order valence-corrected chi connectivity index (χ4v) is 3.29. The molecular weight excluding hydrogens is 344 g/mol. The van der Waals surface area contributed by atoms with E-state index in [1.54, 1.807) is 15.8 Å². The highest BCUT2D eigenvalue weighted by molar-refractivity contribution is 7.89. The smallest absolute Gasteiger partial charge is 0.253 e. The maximum atomic E-state index is 12.7. The first-order valence-electron chi connectivity index (χ1n) is 7.94. The Labute approximate surface area is 146 Å². The molecule has 2 heterocycles. The Hall–Kier alpha value is -2.23. The lowest BCUT2D eigenvalue weighted by molar-refractivity contribution is 0.0367. The second-order valence-electron chi connectivity index (χ2n) is 5.90. The molecule has 1 atom stereocenters. The number of sulfonamides is 1. The van der Waals surface area contributed by atoms with Crippen LogP contribution in [0.4, 0.5) is 0 Å². The summed E-state index contributed by atoms with van der Waals surface area (Å²) >= 11 is 0. The number of carbonyl (C=O) groups is 1. The number of primary sulfonamides is 1.